The molecule has 0 radical (unpaired) electrons. The number of carbonyl (C=O) groups excluding carboxylic acids is 1. The first-order valence-corrected chi connectivity index (χ1v) is 18.0. The molecule has 5 aliphatic rings. The molecule has 1 amide bonds. The summed E-state index contributed by atoms with van der Waals surface area (Å²) in [6.07, 6.45) is 11.6. The molecule has 12 atom stereocenters. The number of allylic oxidation sites excluding steroid dienone is 1. The summed E-state index contributed by atoms with van der Waals surface area (Å²) >= 11 is 1.61. The van der Waals surface area contributed by atoms with Gasteiger partial charge in [0.05, 0.1) is 18.1 Å². The fraction of sp³-hybridized carbons (Fsp3) is 0.886. The normalized spacial score (nSPS) is 48.7. The summed E-state index contributed by atoms with van der Waals surface area (Å²) in [7, 11) is 0. The summed E-state index contributed by atoms with van der Waals surface area (Å²) in [4.78, 5) is 26.4. The molecule has 5 aliphatic carbocycles. The van der Waals surface area contributed by atoms with E-state index in [0.29, 0.717) is 29.9 Å². The van der Waals surface area contributed by atoms with E-state index in [2.05, 4.69) is 46.5 Å². The van der Waals surface area contributed by atoms with Gasteiger partial charge in [0.25, 0.3) is 0 Å². The van der Waals surface area contributed by atoms with Crippen LogP contribution in [0.4, 0.5) is 0 Å². The molecule has 6 nitrogen and oxygen atoms in total. The second-order valence-corrected chi connectivity index (χ2v) is 17.2. The highest BCUT2D eigenvalue weighted by atomic mass is 32.2. The number of carboxylic acid groups (broad SMARTS) is 1. The lowest BCUT2D eigenvalue weighted by atomic mass is 9.32. The third kappa shape index (κ3) is 4.40. The predicted octanol–water partition coefficient (Wildman–Crippen LogP) is 6.30. The Morgan fingerprint density at radius 2 is 1.67 bits per heavy atom. The van der Waals surface area contributed by atoms with Gasteiger partial charge in [0, 0.05) is 5.41 Å². The van der Waals surface area contributed by atoms with Crippen LogP contribution in [0.15, 0.2) is 12.2 Å². The number of thioether (sulfide) groups is 1. The first-order chi connectivity index (χ1) is 19.7. The van der Waals surface area contributed by atoms with E-state index in [-0.39, 0.29) is 40.6 Å². The van der Waals surface area contributed by atoms with Crippen LogP contribution in [-0.2, 0) is 9.59 Å². The Hall–Kier alpha value is -1.05. The molecule has 0 saturated heterocycles. The Morgan fingerprint density at radius 1 is 0.952 bits per heavy atom. The van der Waals surface area contributed by atoms with Crippen molar-refractivity contribution in [2.45, 2.75) is 117 Å². The lowest BCUT2D eigenvalue weighted by Gasteiger charge is -2.73. The van der Waals surface area contributed by atoms with Gasteiger partial charge in [-0.15, -0.1) is 0 Å². The largest absolute Gasteiger partial charge is 0.480 e. The molecular formula is C35H57NO5S. The van der Waals surface area contributed by atoms with Crippen LogP contribution in [0.2, 0.25) is 0 Å². The van der Waals surface area contributed by atoms with E-state index in [4.69, 9.17) is 0 Å². The lowest BCUT2D eigenvalue weighted by Crippen LogP contribution is -2.68. The van der Waals surface area contributed by atoms with Crippen LogP contribution >= 0.6 is 11.8 Å². The van der Waals surface area contributed by atoms with Gasteiger partial charge in [-0.25, -0.2) is 4.79 Å². The standard InChI is InChI=1S/C35H57NO5S/c1-21(2)22-10-16-35(30(41)36-24(29(39)40)13-19-42-7)18-17-33(5)23(28(22)35)8-9-26-31(3)14-12-27(38)32(4,20-37)25(31)11-15-34(26,33)6/h22-28,37-38H,1,8-20H2,2-7H3,(H,36,41)(H,39,40)/t22-,23+,24-,25+,26+,27-,28+,31-,32-,33+,34+,35-/m0/s1. The van der Waals surface area contributed by atoms with Gasteiger partial charge in [0.2, 0.25) is 5.91 Å². The predicted molar refractivity (Wildman–Crippen MR) is 169 cm³/mol. The number of hydrogen-bond donors (Lipinski definition) is 4. The first-order valence-electron chi connectivity index (χ1n) is 16.6. The molecule has 5 rings (SSSR count). The van der Waals surface area contributed by atoms with Crippen molar-refractivity contribution in [2.24, 2.45) is 56.7 Å². The Morgan fingerprint density at radius 3 is 2.29 bits per heavy atom. The summed E-state index contributed by atoms with van der Waals surface area (Å²) < 4.78 is 0. The number of carboxylic acids is 1. The molecule has 5 saturated carbocycles. The average molecular weight is 604 g/mol. The number of nitrogens with one attached hydrogen (secondary N) is 1. The number of aliphatic hydroxyl groups is 2. The van der Waals surface area contributed by atoms with Gasteiger partial charge in [-0.3, -0.25) is 4.79 Å². The van der Waals surface area contributed by atoms with Gasteiger partial charge < -0.3 is 20.6 Å². The van der Waals surface area contributed by atoms with Crippen molar-refractivity contribution < 1.29 is 24.9 Å². The van der Waals surface area contributed by atoms with E-state index in [1.807, 2.05) is 6.26 Å². The molecule has 0 aliphatic heterocycles. The smallest absolute Gasteiger partial charge is 0.326 e. The molecule has 0 bridgehead atoms. The van der Waals surface area contributed by atoms with Gasteiger partial charge in [-0.05, 0) is 135 Å². The van der Waals surface area contributed by atoms with Crippen molar-refractivity contribution in [1.82, 2.24) is 5.32 Å². The molecule has 238 valence electrons. The van der Waals surface area contributed by atoms with E-state index in [0.717, 1.165) is 64.2 Å². The van der Waals surface area contributed by atoms with Crippen LogP contribution in [0.1, 0.15) is 105 Å². The van der Waals surface area contributed by atoms with Crippen molar-refractivity contribution in [2.75, 3.05) is 18.6 Å². The Balaban J connectivity index is 1.50. The van der Waals surface area contributed by atoms with Crippen LogP contribution in [0.3, 0.4) is 0 Å². The van der Waals surface area contributed by atoms with Crippen LogP contribution in [-0.4, -0.2) is 58.0 Å². The Labute approximate surface area is 258 Å². The maximum absolute atomic E-state index is 14.3. The molecule has 0 heterocycles. The zero-order valence-corrected chi connectivity index (χ0v) is 27.8. The van der Waals surface area contributed by atoms with Gasteiger partial charge in [0.1, 0.15) is 6.04 Å². The summed E-state index contributed by atoms with van der Waals surface area (Å²) in [5.74, 6) is 1.39. The summed E-state index contributed by atoms with van der Waals surface area (Å²) in [6, 6.07) is -0.844. The minimum atomic E-state index is -0.939. The van der Waals surface area contributed by atoms with Crippen LogP contribution in [0.25, 0.3) is 0 Å². The molecule has 7 heteroatoms. The SMILES string of the molecule is C=C(C)[C@@H]1CC[C@]2(C(=O)N[C@@H](CCSC)C(=O)O)CC[C@]3(C)[C@H](CC[C@@H]4[C@@]5(C)CC[C@H](O)[C@@](C)(CO)[C@@H]5CC[C@]43C)[C@@H]12. The molecule has 5 fully saturated rings. The number of fused-ring (bicyclic) bond motifs is 7. The average Bonchev–Trinajstić information content (AvgIpc) is 3.35. The number of hydrogen-bond acceptors (Lipinski definition) is 5. The monoisotopic (exact) mass is 603 g/mol. The molecule has 4 N–H and O–H groups in total. The lowest BCUT2D eigenvalue weighted by molar-refractivity contribution is -0.252. The number of aliphatic carboxylic acids is 1. The topological polar surface area (TPSA) is 107 Å². The molecule has 0 aromatic rings. The Bertz CT molecular complexity index is 1100. The summed E-state index contributed by atoms with van der Waals surface area (Å²) in [5, 5.41) is 34.6. The minimum Gasteiger partial charge on any atom is -0.480 e. The van der Waals surface area contributed by atoms with Crippen molar-refractivity contribution in [3.05, 3.63) is 12.2 Å². The second-order valence-electron chi connectivity index (χ2n) is 16.2. The number of carbonyl (C=O) groups is 2. The van der Waals surface area contributed by atoms with E-state index >= 15 is 0 Å². The minimum absolute atomic E-state index is 0.0327. The zero-order valence-electron chi connectivity index (χ0n) is 27.0. The fourth-order valence-corrected chi connectivity index (χ4v) is 12.8. The number of amides is 1. The number of aliphatic hydroxyl groups excluding tert-OH is 2. The second kappa shape index (κ2) is 11.1. The highest BCUT2D eigenvalue weighted by molar-refractivity contribution is 7.98. The highest BCUT2D eigenvalue weighted by Gasteiger charge is 2.72. The van der Waals surface area contributed by atoms with Gasteiger partial charge in [-0.1, -0.05) is 39.8 Å². The van der Waals surface area contributed by atoms with E-state index in [1.54, 1.807) is 11.8 Å². The van der Waals surface area contributed by atoms with E-state index in [1.165, 1.54) is 5.57 Å². The molecular weight excluding hydrogens is 546 g/mol. The molecule has 0 aromatic carbocycles. The van der Waals surface area contributed by atoms with Gasteiger partial charge in [-0.2, -0.15) is 11.8 Å². The molecule has 0 unspecified atom stereocenters. The first kappa shape index (κ1) is 32.3. The Kier molecular flexibility index (Phi) is 8.54. The van der Waals surface area contributed by atoms with Crippen molar-refractivity contribution in [1.29, 1.82) is 0 Å². The van der Waals surface area contributed by atoms with Crippen LogP contribution < -0.4 is 5.32 Å². The maximum atomic E-state index is 14.3. The van der Waals surface area contributed by atoms with Gasteiger partial charge >= 0.3 is 5.97 Å². The fourth-order valence-electron chi connectivity index (χ4n) is 12.4. The van der Waals surface area contributed by atoms with Crippen molar-refractivity contribution in [3.63, 3.8) is 0 Å². The van der Waals surface area contributed by atoms with E-state index in [9.17, 15) is 24.9 Å². The quantitative estimate of drug-likeness (QED) is 0.243. The molecule has 42 heavy (non-hydrogen) atoms. The van der Waals surface area contributed by atoms with E-state index < -0.39 is 28.9 Å². The third-order valence-electron chi connectivity index (χ3n) is 14.9. The summed E-state index contributed by atoms with van der Waals surface area (Å²) in [6.45, 7) is 16.3. The van der Waals surface area contributed by atoms with Crippen LogP contribution in [0.5, 0.6) is 0 Å². The molecule has 0 spiro atoms. The zero-order chi connectivity index (χ0) is 30.9. The number of rotatable bonds is 8. The summed E-state index contributed by atoms with van der Waals surface area (Å²) in [5.41, 5.74) is 0.409. The molecule has 0 aromatic heterocycles. The van der Waals surface area contributed by atoms with Crippen molar-refractivity contribution >= 4 is 23.6 Å². The third-order valence-corrected chi connectivity index (χ3v) is 15.5. The highest BCUT2D eigenvalue weighted by Crippen LogP contribution is 2.77. The van der Waals surface area contributed by atoms with Crippen molar-refractivity contribution in [3.8, 4) is 0 Å². The van der Waals surface area contributed by atoms with Gasteiger partial charge in [0.15, 0.2) is 0 Å². The maximum Gasteiger partial charge on any atom is 0.326 e. The van der Waals surface area contributed by atoms with Crippen LogP contribution in [0, 0.1) is 56.7 Å².